The Bertz CT molecular complexity index is 405. The van der Waals surface area contributed by atoms with Gasteiger partial charge in [-0.05, 0) is 24.8 Å². The quantitative estimate of drug-likeness (QED) is 0.737. The van der Waals surface area contributed by atoms with Gasteiger partial charge in [0.25, 0.3) is 0 Å². The highest BCUT2D eigenvalue weighted by molar-refractivity contribution is 5.82. The van der Waals surface area contributed by atoms with E-state index in [1.807, 2.05) is 26.8 Å². The maximum atomic E-state index is 12.5. The zero-order valence-electron chi connectivity index (χ0n) is 11.6. The molecule has 1 saturated heterocycles. The molecule has 1 aromatic carbocycles. The van der Waals surface area contributed by atoms with Crippen LogP contribution in [0.2, 0.25) is 0 Å². The summed E-state index contributed by atoms with van der Waals surface area (Å²) in [7, 11) is 0. The Kier molecular flexibility index (Phi) is 3.74. The van der Waals surface area contributed by atoms with E-state index in [0.717, 1.165) is 19.4 Å². The Balaban J connectivity index is 2.24. The van der Waals surface area contributed by atoms with Gasteiger partial charge >= 0.3 is 0 Å². The number of piperidine rings is 1. The number of hydrogen-bond acceptors (Lipinski definition) is 1. The van der Waals surface area contributed by atoms with Gasteiger partial charge in [0, 0.05) is 12.0 Å². The molecule has 98 valence electrons. The molecule has 1 amide bonds. The molecule has 0 saturated carbocycles. The summed E-state index contributed by atoms with van der Waals surface area (Å²) in [4.78, 5) is 14.6. The van der Waals surface area contributed by atoms with Crippen molar-refractivity contribution < 1.29 is 4.79 Å². The van der Waals surface area contributed by atoms with Crippen LogP contribution >= 0.6 is 0 Å². The van der Waals surface area contributed by atoms with Crippen molar-refractivity contribution in [2.75, 3.05) is 6.54 Å². The predicted octanol–water partition coefficient (Wildman–Crippen LogP) is 3.79. The van der Waals surface area contributed by atoms with Crippen molar-refractivity contribution in [2.45, 2.75) is 46.1 Å². The molecule has 0 aromatic heterocycles. The van der Waals surface area contributed by atoms with E-state index >= 15 is 0 Å². The second-order valence-electron chi connectivity index (χ2n) is 6.17. The van der Waals surface area contributed by atoms with E-state index in [0.29, 0.717) is 0 Å². The van der Waals surface area contributed by atoms with Crippen LogP contribution in [-0.2, 0) is 4.79 Å². The molecule has 2 nitrogen and oxygen atoms in total. The smallest absolute Gasteiger partial charge is 0.228 e. The Hall–Kier alpha value is -1.31. The van der Waals surface area contributed by atoms with Crippen molar-refractivity contribution in [2.24, 2.45) is 5.41 Å². The van der Waals surface area contributed by atoms with Gasteiger partial charge in [-0.25, -0.2) is 0 Å². The van der Waals surface area contributed by atoms with E-state index in [9.17, 15) is 4.79 Å². The van der Waals surface area contributed by atoms with Crippen molar-refractivity contribution in [3.63, 3.8) is 0 Å². The van der Waals surface area contributed by atoms with Gasteiger partial charge in [-0.1, -0.05) is 51.1 Å². The highest BCUT2D eigenvalue weighted by Gasteiger charge is 2.33. The van der Waals surface area contributed by atoms with E-state index in [1.54, 1.807) is 0 Å². The molecule has 1 aliphatic rings. The molecule has 0 spiro atoms. The van der Waals surface area contributed by atoms with Crippen LogP contribution in [0.25, 0.3) is 0 Å². The van der Waals surface area contributed by atoms with Crippen LogP contribution in [0.3, 0.4) is 0 Å². The first-order valence-corrected chi connectivity index (χ1v) is 6.86. The van der Waals surface area contributed by atoms with Gasteiger partial charge < -0.3 is 4.90 Å². The maximum Gasteiger partial charge on any atom is 0.228 e. The molecule has 2 heteroatoms. The first-order valence-electron chi connectivity index (χ1n) is 6.86. The summed E-state index contributed by atoms with van der Waals surface area (Å²) < 4.78 is 0. The number of rotatable bonds is 1. The lowest BCUT2D eigenvalue weighted by Crippen LogP contribution is -2.44. The maximum absolute atomic E-state index is 12.5. The molecule has 18 heavy (non-hydrogen) atoms. The van der Waals surface area contributed by atoms with Crippen LogP contribution in [0.5, 0.6) is 0 Å². The van der Waals surface area contributed by atoms with Crippen LogP contribution in [0.15, 0.2) is 30.3 Å². The molecule has 1 aromatic rings. The standard InChI is InChI=1S/C16H23NO/c1-16(2,3)15(18)17-12-8-7-11-14(17)13-9-5-4-6-10-13/h4-6,9-10,14H,7-8,11-12H2,1-3H3. The number of hydrogen-bond donors (Lipinski definition) is 0. The Labute approximate surface area is 110 Å². The van der Waals surface area contributed by atoms with Crippen molar-refractivity contribution in [3.05, 3.63) is 35.9 Å². The van der Waals surface area contributed by atoms with Crippen molar-refractivity contribution in [3.8, 4) is 0 Å². The third-order valence-electron chi connectivity index (χ3n) is 3.59. The lowest BCUT2D eigenvalue weighted by atomic mass is 9.89. The second-order valence-corrected chi connectivity index (χ2v) is 6.17. The summed E-state index contributed by atoms with van der Waals surface area (Å²) >= 11 is 0. The molecule has 1 fully saturated rings. The average Bonchev–Trinajstić information content (AvgIpc) is 2.38. The normalized spacial score (nSPS) is 20.8. The average molecular weight is 245 g/mol. The van der Waals surface area contributed by atoms with Crippen LogP contribution in [0, 0.1) is 5.41 Å². The number of amides is 1. The first kappa shape index (κ1) is 13.1. The summed E-state index contributed by atoms with van der Waals surface area (Å²) in [5, 5.41) is 0. The third-order valence-corrected chi connectivity index (χ3v) is 3.59. The molecular weight excluding hydrogens is 222 g/mol. The highest BCUT2D eigenvalue weighted by Crippen LogP contribution is 2.33. The summed E-state index contributed by atoms with van der Waals surface area (Å²) in [6.45, 7) is 6.92. The fourth-order valence-electron chi connectivity index (χ4n) is 2.63. The van der Waals surface area contributed by atoms with E-state index in [-0.39, 0.29) is 17.4 Å². The Morgan fingerprint density at radius 3 is 2.44 bits per heavy atom. The lowest BCUT2D eigenvalue weighted by molar-refractivity contribution is -0.143. The number of nitrogens with zero attached hydrogens (tertiary/aromatic N) is 1. The third kappa shape index (κ3) is 2.74. The van der Waals surface area contributed by atoms with E-state index in [2.05, 4.69) is 29.2 Å². The minimum Gasteiger partial charge on any atom is -0.335 e. The summed E-state index contributed by atoms with van der Waals surface area (Å²) in [6.07, 6.45) is 3.43. The van der Waals surface area contributed by atoms with Crippen LogP contribution in [0.1, 0.15) is 51.6 Å². The Morgan fingerprint density at radius 1 is 1.17 bits per heavy atom. The van der Waals surface area contributed by atoms with Crippen LogP contribution in [0.4, 0.5) is 0 Å². The predicted molar refractivity (Wildman–Crippen MR) is 74.2 cm³/mol. The molecule has 1 atom stereocenters. The summed E-state index contributed by atoms with van der Waals surface area (Å²) in [5.41, 5.74) is 0.986. The number of carbonyl (C=O) groups is 1. The molecule has 0 N–H and O–H groups in total. The van der Waals surface area contributed by atoms with Gasteiger partial charge in [-0.15, -0.1) is 0 Å². The van der Waals surface area contributed by atoms with E-state index in [4.69, 9.17) is 0 Å². The molecule has 0 radical (unpaired) electrons. The van der Waals surface area contributed by atoms with Crippen molar-refractivity contribution in [1.29, 1.82) is 0 Å². The molecule has 1 aliphatic heterocycles. The first-order chi connectivity index (χ1) is 8.50. The minimum atomic E-state index is -0.287. The molecule has 1 heterocycles. The van der Waals surface area contributed by atoms with Gasteiger partial charge in [0.15, 0.2) is 0 Å². The minimum absolute atomic E-state index is 0.270. The van der Waals surface area contributed by atoms with Gasteiger partial charge in [0.05, 0.1) is 6.04 Å². The monoisotopic (exact) mass is 245 g/mol. The summed E-state index contributed by atoms with van der Waals surface area (Å²) in [6, 6.07) is 10.7. The number of likely N-dealkylation sites (tertiary alicyclic amines) is 1. The van der Waals surface area contributed by atoms with Gasteiger partial charge in [0.2, 0.25) is 5.91 Å². The topological polar surface area (TPSA) is 20.3 Å². The van der Waals surface area contributed by atoms with Gasteiger partial charge in [0.1, 0.15) is 0 Å². The molecule has 1 unspecified atom stereocenters. The number of carbonyl (C=O) groups excluding carboxylic acids is 1. The molecule has 0 aliphatic carbocycles. The van der Waals surface area contributed by atoms with Gasteiger partial charge in [-0.3, -0.25) is 4.79 Å². The summed E-state index contributed by atoms with van der Waals surface area (Å²) in [5.74, 6) is 0.274. The fourth-order valence-corrected chi connectivity index (χ4v) is 2.63. The molecule has 0 bridgehead atoms. The van der Waals surface area contributed by atoms with Crippen LogP contribution in [-0.4, -0.2) is 17.4 Å². The number of benzene rings is 1. The highest BCUT2D eigenvalue weighted by atomic mass is 16.2. The van der Waals surface area contributed by atoms with Crippen molar-refractivity contribution in [1.82, 2.24) is 4.90 Å². The molecular formula is C16H23NO. The zero-order valence-corrected chi connectivity index (χ0v) is 11.6. The van der Waals surface area contributed by atoms with Crippen molar-refractivity contribution >= 4 is 5.91 Å². The second kappa shape index (κ2) is 5.13. The fraction of sp³-hybridized carbons (Fsp3) is 0.562. The van der Waals surface area contributed by atoms with E-state index in [1.165, 1.54) is 12.0 Å². The largest absolute Gasteiger partial charge is 0.335 e. The van der Waals surface area contributed by atoms with E-state index < -0.39 is 0 Å². The SMILES string of the molecule is CC(C)(C)C(=O)N1CCCCC1c1ccccc1. The molecule has 2 rings (SSSR count). The van der Waals surface area contributed by atoms with Gasteiger partial charge in [-0.2, -0.15) is 0 Å². The zero-order chi connectivity index (χ0) is 13.2. The lowest BCUT2D eigenvalue weighted by Gasteiger charge is -2.39. The Morgan fingerprint density at radius 2 is 1.83 bits per heavy atom. The van der Waals surface area contributed by atoms with Crippen LogP contribution < -0.4 is 0 Å².